The van der Waals surface area contributed by atoms with Crippen molar-refractivity contribution in [2.45, 2.75) is 20.3 Å². The Morgan fingerprint density at radius 1 is 1.00 bits per heavy atom. The SMILES string of the molecule is CC(C)CCNc1ccc(NC(=O)Nc2ccccc2)nn1. The first-order valence-electron chi connectivity index (χ1n) is 7.34. The number of hydrogen-bond acceptors (Lipinski definition) is 4. The van der Waals surface area contributed by atoms with Gasteiger partial charge in [-0.25, -0.2) is 4.79 Å². The lowest BCUT2D eigenvalue weighted by Gasteiger charge is -2.08. The largest absolute Gasteiger partial charge is 0.369 e. The Labute approximate surface area is 130 Å². The molecule has 1 aromatic heterocycles. The molecule has 0 aliphatic rings. The predicted octanol–water partition coefficient (Wildman–Crippen LogP) is 3.58. The number of rotatable bonds is 6. The molecule has 0 atom stereocenters. The number of aromatic nitrogens is 2. The second kappa shape index (κ2) is 7.97. The monoisotopic (exact) mass is 299 g/mol. The van der Waals surface area contributed by atoms with Crippen LogP contribution < -0.4 is 16.0 Å². The molecule has 6 heteroatoms. The van der Waals surface area contributed by atoms with Crippen molar-refractivity contribution in [1.29, 1.82) is 0 Å². The molecule has 0 spiro atoms. The average Bonchev–Trinajstić information content (AvgIpc) is 2.49. The average molecular weight is 299 g/mol. The van der Waals surface area contributed by atoms with Gasteiger partial charge in [0, 0.05) is 12.2 Å². The predicted molar refractivity (Wildman–Crippen MR) is 89.1 cm³/mol. The van der Waals surface area contributed by atoms with Gasteiger partial charge in [-0.1, -0.05) is 32.0 Å². The third-order valence-electron chi connectivity index (χ3n) is 2.97. The van der Waals surface area contributed by atoms with Crippen LogP contribution in [0.4, 0.5) is 22.1 Å². The van der Waals surface area contributed by atoms with Gasteiger partial charge in [0.2, 0.25) is 0 Å². The van der Waals surface area contributed by atoms with Crippen LogP contribution in [0, 0.1) is 5.92 Å². The molecule has 0 aliphatic carbocycles. The van der Waals surface area contributed by atoms with Crippen LogP contribution in [-0.2, 0) is 0 Å². The molecule has 22 heavy (non-hydrogen) atoms. The van der Waals surface area contributed by atoms with E-state index in [1.54, 1.807) is 12.1 Å². The molecule has 6 nitrogen and oxygen atoms in total. The van der Waals surface area contributed by atoms with Gasteiger partial charge in [0.1, 0.15) is 5.82 Å². The minimum absolute atomic E-state index is 0.346. The molecular formula is C16H21N5O. The number of nitrogens with zero attached hydrogens (tertiary/aromatic N) is 2. The summed E-state index contributed by atoms with van der Waals surface area (Å²) in [7, 11) is 0. The van der Waals surface area contributed by atoms with Gasteiger partial charge in [-0.15, -0.1) is 10.2 Å². The molecule has 0 saturated heterocycles. The number of urea groups is 1. The van der Waals surface area contributed by atoms with Crippen molar-refractivity contribution in [3.63, 3.8) is 0 Å². The minimum Gasteiger partial charge on any atom is -0.369 e. The Morgan fingerprint density at radius 2 is 1.68 bits per heavy atom. The Hall–Kier alpha value is -2.63. The summed E-state index contributed by atoms with van der Waals surface area (Å²) in [6, 6.07) is 12.4. The summed E-state index contributed by atoms with van der Waals surface area (Å²) in [5.41, 5.74) is 0.722. The fourth-order valence-electron chi connectivity index (χ4n) is 1.78. The van der Waals surface area contributed by atoms with Gasteiger partial charge in [-0.2, -0.15) is 0 Å². The van der Waals surface area contributed by atoms with E-state index in [1.165, 1.54) is 0 Å². The normalized spacial score (nSPS) is 10.3. The maximum absolute atomic E-state index is 11.8. The number of nitrogens with one attached hydrogen (secondary N) is 3. The lowest BCUT2D eigenvalue weighted by atomic mass is 10.1. The van der Waals surface area contributed by atoms with Crippen molar-refractivity contribution in [1.82, 2.24) is 10.2 Å². The van der Waals surface area contributed by atoms with E-state index < -0.39 is 0 Å². The number of amides is 2. The first-order chi connectivity index (χ1) is 10.6. The van der Waals surface area contributed by atoms with E-state index in [1.807, 2.05) is 30.3 Å². The second-order valence-corrected chi connectivity index (χ2v) is 5.36. The smallest absolute Gasteiger partial charge is 0.324 e. The van der Waals surface area contributed by atoms with Crippen molar-refractivity contribution in [2.24, 2.45) is 5.92 Å². The molecule has 2 aromatic rings. The molecule has 1 heterocycles. The number of carbonyl (C=O) groups is 1. The summed E-state index contributed by atoms with van der Waals surface area (Å²) in [6.07, 6.45) is 1.07. The van der Waals surface area contributed by atoms with Gasteiger partial charge in [0.05, 0.1) is 0 Å². The minimum atomic E-state index is -0.346. The molecule has 1 aromatic carbocycles. The summed E-state index contributed by atoms with van der Waals surface area (Å²) < 4.78 is 0. The highest BCUT2D eigenvalue weighted by molar-refractivity contribution is 5.99. The zero-order valence-electron chi connectivity index (χ0n) is 12.8. The molecule has 2 rings (SSSR count). The van der Waals surface area contributed by atoms with Crippen molar-refractivity contribution in [3.8, 4) is 0 Å². The Bertz CT molecular complexity index is 583. The zero-order valence-corrected chi connectivity index (χ0v) is 12.8. The van der Waals surface area contributed by atoms with Gasteiger partial charge in [0.25, 0.3) is 0 Å². The van der Waals surface area contributed by atoms with Crippen molar-refractivity contribution in [2.75, 3.05) is 22.5 Å². The second-order valence-electron chi connectivity index (χ2n) is 5.36. The van der Waals surface area contributed by atoms with E-state index in [-0.39, 0.29) is 6.03 Å². The molecule has 3 N–H and O–H groups in total. The van der Waals surface area contributed by atoms with Crippen molar-refractivity contribution >= 4 is 23.4 Å². The van der Waals surface area contributed by atoms with Crippen LogP contribution in [0.5, 0.6) is 0 Å². The molecule has 2 amide bonds. The van der Waals surface area contributed by atoms with E-state index in [9.17, 15) is 4.79 Å². The van der Waals surface area contributed by atoms with Gasteiger partial charge in [0.15, 0.2) is 5.82 Å². The topological polar surface area (TPSA) is 78.9 Å². The van der Waals surface area contributed by atoms with Crippen LogP contribution in [0.25, 0.3) is 0 Å². The third kappa shape index (κ3) is 5.40. The van der Waals surface area contributed by atoms with Crippen LogP contribution in [0.3, 0.4) is 0 Å². The molecule has 116 valence electrons. The fourth-order valence-corrected chi connectivity index (χ4v) is 1.78. The van der Waals surface area contributed by atoms with E-state index in [0.717, 1.165) is 18.7 Å². The van der Waals surface area contributed by atoms with E-state index in [2.05, 4.69) is 40.0 Å². The maximum atomic E-state index is 11.8. The number of carbonyl (C=O) groups excluding carboxylic acids is 1. The van der Waals surface area contributed by atoms with Crippen LogP contribution in [0.1, 0.15) is 20.3 Å². The number of hydrogen-bond donors (Lipinski definition) is 3. The highest BCUT2D eigenvalue weighted by atomic mass is 16.2. The quantitative estimate of drug-likeness (QED) is 0.761. The summed E-state index contributed by atoms with van der Waals surface area (Å²) >= 11 is 0. The molecular weight excluding hydrogens is 278 g/mol. The highest BCUT2D eigenvalue weighted by Crippen LogP contribution is 2.09. The Balaban J connectivity index is 1.82. The fraction of sp³-hybridized carbons (Fsp3) is 0.312. The summed E-state index contributed by atoms with van der Waals surface area (Å²) in [5, 5.41) is 16.6. The molecule has 0 fully saturated rings. The molecule has 0 radical (unpaired) electrons. The van der Waals surface area contributed by atoms with Crippen LogP contribution >= 0.6 is 0 Å². The van der Waals surface area contributed by atoms with Crippen molar-refractivity contribution in [3.05, 3.63) is 42.5 Å². The van der Waals surface area contributed by atoms with Gasteiger partial charge < -0.3 is 10.6 Å². The maximum Gasteiger partial charge on any atom is 0.324 e. The third-order valence-corrected chi connectivity index (χ3v) is 2.97. The first kappa shape index (κ1) is 15.8. The van der Waals surface area contributed by atoms with E-state index in [4.69, 9.17) is 0 Å². The van der Waals surface area contributed by atoms with E-state index in [0.29, 0.717) is 17.6 Å². The van der Waals surface area contributed by atoms with E-state index >= 15 is 0 Å². The first-order valence-corrected chi connectivity index (χ1v) is 7.34. The number of benzene rings is 1. The van der Waals surface area contributed by atoms with Gasteiger partial charge in [-0.3, -0.25) is 5.32 Å². The molecule has 0 unspecified atom stereocenters. The lowest BCUT2D eigenvalue weighted by Crippen LogP contribution is -2.20. The Morgan fingerprint density at radius 3 is 2.32 bits per heavy atom. The number of para-hydroxylation sites is 1. The Kier molecular flexibility index (Phi) is 5.71. The van der Waals surface area contributed by atoms with Crippen LogP contribution in [0.15, 0.2) is 42.5 Å². The van der Waals surface area contributed by atoms with Gasteiger partial charge >= 0.3 is 6.03 Å². The zero-order chi connectivity index (χ0) is 15.8. The highest BCUT2D eigenvalue weighted by Gasteiger charge is 2.04. The molecule has 0 aliphatic heterocycles. The summed E-state index contributed by atoms with van der Waals surface area (Å²) in [5.74, 6) is 1.75. The lowest BCUT2D eigenvalue weighted by molar-refractivity contribution is 0.262. The van der Waals surface area contributed by atoms with Gasteiger partial charge in [-0.05, 0) is 36.6 Å². The number of anilines is 3. The molecule has 0 saturated carbocycles. The van der Waals surface area contributed by atoms with Crippen molar-refractivity contribution < 1.29 is 4.79 Å². The standard InChI is InChI=1S/C16H21N5O/c1-12(2)10-11-17-14-8-9-15(21-20-14)19-16(22)18-13-6-4-3-5-7-13/h3-9,12H,10-11H2,1-2H3,(H,17,20)(H2,18,19,21,22). The summed E-state index contributed by atoms with van der Waals surface area (Å²) in [6.45, 7) is 5.20. The van der Waals surface area contributed by atoms with Crippen LogP contribution in [-0.4, -0.2) is 22.8 Å². The van der Waals surface area contributed by atoms with Crippen LogP contribution in [0.2, 0.25) is 0 Å². The summed E-state index contributed by atoms with van der Waals surface area (Å²) in [4.78, 5) is 11.8. The molecule has 0 bridgehead atoms.